The molecule has 4 aromatic rings. The van der Waals surface area contributed by atoms with Crippen molar-refractivity contribution in [1.82, 2.24) is 19.9 Å². The highest BCUT2D eigenvalue weighted by atomic mass is 32.1. The summed E-state index contributed by atoms with van der Waals surface area (Å²) in [6.45, 7) is 8.43. The first kappa shape index (κ1) is 26.0. The zero-order valence-corrected chi connectivity index (χ0v) is 23.2. The number of H-pyrrole nitrogens is 1. The van der Waals surface area contributed by atoms with Gasteiger partial charge < -0.3 is 30.0 Å². The average Bonchev–Trinajstić information content (AvgIpc) is 3.55. The van der Waals surface area contributed by atoms with Crippen molar-refractivity contribution in [3.05, 3.63) is 51.8 Å². The summed E-state index contributed by atoms with van der Waals surface area (Å²) < 4.78 is 11.2. The third-order valence-corrected chi connectivity index (χ3v) is 7.73. The van der Waals surface area contributed by atoms with E-state index in [9.17, 15) is 4.79 Å². The van der Waals surface area contributed by atoms with Crippen LogP contribution in [0.25, 0.3) is 11.0 Å². The molecule has 1 fully saturated rings. The number of esters is 1. The first-order chi connectivity index (χ1) is 18.3. The average molecular weight is 535 g/mol. The van der Waals surface area contributed by atoms with Gasteiger partial charge in [-0.15, -0.1) is 11.3 Å². The number of thiophene rings is 1. The minimum Gasteiger partial charge on any atom is -0.489 e. The molecular weight excluding hydrogens is 500 g/mol. The van der Waals surface area contributed by atoms with Crippen LogP contribution in [0, 0.1) is 6.92 Å². The molecule has 9 nitrogen and oxygen atoms in total. The van der Waals surface area contributed by atoms with Gasteiger partial charge in [0.05, 0.1) is 30.1 Å². The fourth-order valence-electron chi connectivity index (χ4n) is 4.91. The molecule has 4 heterocycles. The van der Waals surface area contributed by atoms with Crippen LogP contribution in [0.4, 0.5) is 23.1 Å². The maximum Gasteiger partial charge on any atom is 0.350 e. The number of hydrogen-bond acceptors (Lipinski definition) is 9. The number of aromatic amines is 1. The van der Waals surface area contributed by atoms with Crippen LogP contribution in [0.15, 0.2) is 35.8 Å². The summed E-state index contributed by atoms with van der Waals surface area (Å²) in [6.07, 6.45) is 4.12. The number of benzene rings is 1. The van der Waals surface area contributed by atoms with Gasteiger partial charge in [-0.3, -0.25) is 0 Å². The molecule has 0 atom stereocenters. The van der Waals surface area contributed by atoms with Crippen LogP contribution < -0.4 is 15.4 Å². The molecule has 0 aliphatic carbocycles. The number of aromatic nitrogens is 3. The van der Waals surface area contributed by atoms with Gasteiger partial charge in [0.15, 0.2) is 5.82 Å². The fraction of sp³-hybridized carbons (Fsp3) is 0.393. The molecule has 3 N–H and O–H groups in total. The van der Waals surface area contributed by atoms with Crippen LogP contribution in [-0.2, 0) is 4.74 Å². The monoisotopic (exact) mass is 534 g/mol. The number of likely N-dealkylation sites (tertiary alicyclic amines) is 1. The Morgan fingerprint density at radius 3 is 2.68 bits per heavy atom. The van der Waals surface area contributed by atoms with Gasteiger partial charge in [-0.05, 0) is 100 Å². The van der Waals surface area contributed by atoms with Gasteiger partial charge >= 0.3 is 5.97 Å². The molecule has 200 valence electrons. The van der Waals surface area contributed by atoms with Crippen LogP contribution in [0.5, 0.6) is 5.75 Å². The number of anilines is 4. The van der Waals surface area contributed by atoms with Crippen LogP contribution in [0.1, 0.15) is 53.4 Å². The standard InChI is InChI=1S/C28H34N6O3S/c1-16(2)37-23-15-19(18-7-11-34(4)12-8-18)17(3)14-22(23)32-28-31-20-6-10-29-24(20)26(33-28)30-21-9-13-38-25(21)27(35)36-5/h6,9-10,13-16,18,29H,7-8,11-12H2,1-5H3,(H2,30,31,32,33). The number of ether oxygens (including phenoxy) is 2. The molecule has 0 spiro atoms. The van der Waals surface area contributed by atoms with Crippen LogP contribution in [0.3, 0.4) is 0 Å². The number of hydrogen-bond donors (Lipinski definition) is 3. The second-order valence-electron chi connectivity index (χ2n) is 9.99. The van der Waals surface area contributed by atoms with Gasteiger partial charge in [-0.2, -0.15) is 4.98 Å². The molecule has 1 aliphatic rings. The predicted octanol–water partition coefficient (Wildman–Crippen LogP) is 6.20. The molecule has 0 radical (unpaired) electrons. The fourth-order valence-corrected chi connectivity index (χ4v) is 5.68. The lowest BCUT2D eigenvalue weighted by Gasteiger charge is -2.30. The Hall–Kier alpha value is -3.63. The molecule has 1 saturated heterocycles. The molecule has 1 aliphatic heterocycles. The van der Waals surface area contributed by atoms with Crippen molar-refractivity contribution >= 4 is 51.5 Å². The Balaban J connectivity index is 1.49. The zero-order chi connectivity index (χ0) is 26.8. The highest BCUT2D eigenvalue weighted by molar-refractivity contribution is 7.12. The predicted molar refractivity (Wildman–Crippen MR) is 153 cm³/mol. The number of carbonyl (C=O) groups is 1. The van der Waals surface area contributed by atoms with E-state index in [0.29, 0.717) is 28.2 Å². The van der Waals surface area contributed by atoms with Crippen molar-refractivity contribution in [3.63, 3.8) is 0 Å². The van der Waals surface area contributed by atoms with Gasteiger partial charge in [0.2, 0.25) is 5.95 Å². The van der Waals surface area contributed by atoms with E-state index >= 15 is 0 Å². The Morgan fingerprint density at radius 1 is 1.16 bits per heavy atom. The lowest BCUT2D eigenvalue weighted by molar-refractivity contribution is 0.0607. The lowest BCUT2D eigenvalue weighted by atomic mass is 9.86. The maximum atomic E-state index is 12.2. The number of methoxy groups -OCH3 is 1. The Bertz CT molecular complexity index is 1440. The Kier molecular flexibility index (Phi) is 7.53. The van der Waals surface area contributed by atoms with E-state index in [0.717, 1.165) is 48.4 Å². The van der Waals surface area contributed by atoms with Crippen LogP contribution in [-0.4, -0.2) is 59.2 Å². The quantitative estimate of drug-likeness (QED) is 0.230. The molecule has 0 unspecified atom stereocenters. The topological polar surface area (TPSA) is 104 Å². The molecule has 0 amide bonds. The SMILES string of the molecule is COC(=O)c1sccc1Nc1nc(Nc2cc(C)c(C3CCN(C)CC3)cc2OC(C)C)nc2cc[nH]c12. The van der Waals surface area contributed by atoms with Crippen molar-refractivity contribution in [2.75, 3.05) is 37.9 Å². The van der Waals surface area contributed by atoms with Gasteiger partial charge in [0.1, 0.15) is 16.1 Å². The normalized spacial score (nSPS) is 14.7. The first-order valence-electron chi connectivity index (χ1n) is 12.9. The van der Waals surface area contributed by atoms with E-state index in [2.05, 4.69) is 46.6 Å². The summed E-state index contributed by atoms with van der Waals surface area (Å²) in [5, 5.41) is 8.54. The maximum absolute atomic E-state index is 12.2. The minimum absolute atomic E-state index is 0.0178. The lowest BCUT2D eigenvalue weighted by Crippen LogP contribution is -2.29. The summed E-state index contributed by atoms with van der Waals surface area (Å²) in [7, 11) is 3.56. The molecule has 1 aromatic carbocycles. The minimum atomic E-state index is -0.395. The highest BCUT2D eigenvalue weighted by Gasteiger charge is 2.23. The highest BCUT2D eigenvalue weighted by Crippen LogP contribution is 2.38. The number of nitrogens with zero attached hydrogens (tertiary/aromatic N) is 3. The van der Waals surface area contributed by atoms with Crippen LogP contribution >= 0.6 is 11.3 Å². The first-order valence-corrected chi connectivity index (χ1v) is 13.7. The van der Waals surface area contributed by atoms with Gasteiger partial charge in [0.25, 0.3) is 0 Å². The smallest absolute Gasteiger partial charge is 0.350 e. The number of carbonyl (C=O) groups excluding carboxylic acids is 1. The second kappa shape index (κ2) is 11.0. The van der Waals surface area contributed by atoms with E-state index < -0.39 is 5.97 Å². The summed E-state index contributed by atoms with van der Waals surface area (Å²) in [5.41, 5.74) is 5.50. The molecule has 38 heavy (non-hydrogen) atoms. The Morgan fingerprint density at radius 2 is 1.95 bits per heavy atom. The van der Waals surface area contributed by atoms with Crippen molar-refractivity contribution < 1.29 is 14.3 Å². The zero-order valence-electron chi connectivity index (χ0n) is 22.4. The Labute approximate surface area is 226 Å². The van der Waals surface area contributed by atoms with E-state index in [1.807, 2.05) is 37.6 Å². The third-order valence-electron chi connectivity index (χ3n) is 6.83. The third kappa shape index (κ3) is 5.46. The summed E-state index contributed by atoms with van der Waals surface area (Å²) in [4.78, 5) is 27.7. The number of piperidine rings is 1. The van der Waals surface area contributed by atoms with Crippen molar-refractivity contribution in [2.45, 2.75) is 45.6 Å². The van der Waals surface area contributed by atoms with E-state index in [1.54, 1.807) is 0 Å². The van der Waals surface area contributed by atoms with Gasteiger partial charge in [0, 0.05) is 6.20 Å². The van der Waals surface area contributed by atoms with Crippen molar-refractivity contribution in [2.24, 2.45) is 0 Å². The van der Waals surface area contributed by atoms with Crippen LogP contribution in [0.2, 0.25) is 0 Å². The number of rotatable bonds is 8. The summed E-state index contributed by atoms with van der Waals surface area (Å²) >= 11 is 1.31. The van der Waals surface area contributed by atoms with Gasteiger partial charge in [-0.1, -0.05) is 0 Å². The molecule has 0 bridgehead atoms. The largest absolute Gasteiger partial charge is 0.489 e. The number of nitrogens with one attached hydrogen (secondary N) is 3. The van der Waals surface area contributed by atoms with E-state index in [4.69, 9.17) is 19.4 Å². The molecule has 10 heteroatoms. The second-order valence-corrected chi connectivity index (χ2v) is 10.9. The molecule has 5 rings (SSSR count). The molecule has 0 saturated carbocycles. The number of fused-ring (bicyclic) bond motifs is 1. The van der Waals surface area contributed by atoms with E-state index in [-0.39, 0.29) is 6.10 Å². The number of aryl methyl sites for hydroxylation is 1. The molecule has 3 aromatic heterocycles. The van der Waals surface area contributed by atoms with Crippen molar-refractivity contribution in [1.29, 1.82) is 0 Å². The summed E-state index contributed by atoms with van der Waals surface area (Å²) in [6, 6.07) is 8.05. The van der Waals surface area contributed by atoms with Gasteiger partial charge in [-0.25, -0.2) is 9.78 Å². The van der Waals surface area contributed by atoms with Crippen molar-refractivity contribution in [3.8, 4) is 5.75 Å². The summed E-state index contributed by atoms with van der Waals surface area (Å²) in [5.74, 6) is 1.89. The molecular formula is C28H34N6O3S. The van der Waals surface area contributed by atoms with E-state index in [1.165, 1.54) is 29.6 Å².